The molecule has 0 N–H and O–H groups in total. The fraction of sp³-hybridized carbons (Fsp3) is 0.208. The highest BCUT2D eigenvalue weighted by Crippen LogP contribution is 2.49. The molecule has 1 heteroatoms. The van der Waals surface area contributed by atoms with Crippen LogP contribution < -0.4 is 4.90 Å². The fourth-order valence-electron chi connectivity index (χ4n) is 9.21. The third-order valence-corrected chi connectivity index (χ3v) is 12.2. The van der Waals surface area contributed by atoms with Crippen molar-refractivity contribution >= 4 is 92.5 Å². The number of rotatable bonds is 4. The van der Waals surface area contributed by atoms with Gasteiger partial charge in [-0.2, -0.15) is 0 Å². The second-order valence-corrected chi connectivity index (χ2v) is 18.0. The number of benzene rings is 8. The highest BCUT2D eigenvalue weighted by molar-refractivity contribution is 6.41. The average Bonchev–Trinajstić information content (AvgIpc) is 3.65. The molecule has 0 radical (unpaired) electrons. The minimum Gasteiger partial charge on any atom is -0.310 e. The predicted octanol–water partition coefficient (Wildman–Crippen LogP) is 15.8. The molecule has 1 nitrogen and oxygen atoms in total. The molecule has 0 unspecified atom stereocenters. The normalized spacial score (nSPS) is 13.0. The highest BCUT2D eigenvalue weighted by Gasteiger charge is 2.23. The molecule has 0 atom stereocenters. The van der Waals surface area contributed by atoms with Crippen LogP contribution in [0.5, 0.6) is 0 Å². The van der Waals surface area contributed by atoms with Crippen LogP contribution >= 0.6 is 0 Å². The quantitative estimate of drug-likeness (QED) is 0.166. The fourth-order valence-corrected chi connectivity index (χ4v) is 9.21. The molecular formula is C53H47N. The molecule has 0 amide bonds. The van der Waals surface area contributed by atoms with Crippen molar-refractivity contribution in [3.05, 3.63) is 150 Å². The van der Waals surface area contributed by atoms with Gasteiger partial charge in [0.15, 0.2) is 0 Å². The van der Waals surface area contributed by atoms with E-state index in [1.54, 1.807) is 0 Å². The predicted molar refractivity (Wildman–Crippen MR) is 238 cm³/mol. The topological polar surface area (TPSA) is 3.24 Å². The van der Waals surface area contributed by atoms with Gasteiger partial charge in [-0.15, -0.1) is 0 Å². The summed E-state index contributed by atoms with van der Waals surface area (Å²) in [6, 6.07) is 51.3. The maximum Gasteiger partial charge on any atom is 0.0468 e. The molecule has 0 saturated carbocycles. The van der Waals surface area contributed by atoms with E-state index >= 15 is 0 Å². The lowest BCUT2D eigenvalue weighted by molar-refractivity contribution is 0.590. The molecule has 0 aliphatic carbocycles. The Morgan fingerprint density at radius 2 is 0.741 bits per heavy atom. The molecule has 264 valence electrons. The van der Waals surface area contributed by atoms with Gasteiger partial charge in [0.05, 0.1) is 0 Å². The molecule has 0 aliphatic heterocycles. The van der Waals surface area contributed by atoms with E-state index in [1.165, 1.54) is 109 Å². The summed E-state index contributed by atoms with van der Waals surface area (Å²) in [7, 11) is 0. The van der Waals surface area contributed by atoms with E-state index in [1.807, 2.05) is 0 Å². The third-order valence-electron chi connectivity index (χ3n) is 12.2. The van der Waals surface area contributed by atoms with Gasteiger partial charge in [0.2, 0.25) is 0 Å². The maximum absolute atomic E-state index is 2.50. The first-order valence-corrected chi connectivity index (χ1v) is 19.6. The second-order valence-electron chi connectivity index (χ2n) is 18.0. The first kappa shape index (κ1) is 32.9. The van der Waals surface area contributed by atoms with Gasteiger partial charge < -0.3 is 4.90 Å². The number of hydrogen-bond donors (Lipinski definition) is 0. The van der Waals surface area contributed by atoms with Gasteiger partial charge in [-0.1, -0.05) is 140 Å². The van der Waals surface area contributed by atoms with Gasteiger partial charge in [-0.05, 0) is 157 Å². The van der Waals surface area contributed by atoms with Crippen molar-refractivity contribution in [1.82, 2.24) is 0 Å². The van der Waals surface area contributed by atoms with Crippen molar-refractivity contribution in [1.29, 1.82) is 0 Å². The van der Waals surface area contributed by atoms with Crippen molar-refractivity contribution in [2.75, 3.05) is 4.90 Å². The smallest absolute Gasteiger partial charge is 0.0468 e. The summed E-state index contributed by atoms with van der Waals surface area (Å²) in [6.07, 6.45) is 0. The zero-order chi connectivity index (χ0) is 37.3. The second kappa shape index (κ2) is 11.4. The van der Waals surface area contributed by atoms with Gasteiger partial charge in [-0.25, -0.2) is 0 Å². The SMILES string of the molecule is CC(C)c1cc2c3cc(N(c4ccc(C(C)(C)C)cc4)c4ccc(C(C)(C)C)cc4)ccc3c3cc4c(cc5c6ccccc6c6cccc4c65)c(c1)c23. The van der Waals surface area contributed by atoms with Crippen LogP contribution in [0.15, 0.2) is 133 Å². The van der Waals surface area contributed by atoms with E-state index < -0.39 is 0 Å². The zero-order valence-electron chi connectivity index (χ0n) is 32.7. The Morgan fingerprint density at radius 3 is 1.26 bits per heavy atom. The minimum absolute atomic E-state index is 0.0864. The Morgan fingerprint density at radius 1 is 0.352 bits per heavy atom. The van der Waals surface area contributed by atoms with Gasteiger partial charge in [0, 0.05) is 17.1 Å². The standard InChI is InChI=1S/C53H47N/c1-31(2)32-26-46-43-28-37(54(35-20-16-33(17-21-35)52(3,4)5)36-22-18-34(19-23-36)53(6,7)8)24-25-40(43)49-29-44-42-15-11-14-41-38-12-9-10-13-39(38)48(50(41)42)30-45(44)47(27-32)51(46)49/h9-31H,1-8H3. The largest absolute Gasteiger partial charge is 0.310 e. The van der Waals surface area contributed by atoms with E-state index in [4.69, 9.17) is 0 Å². The van der Waals surface area contributed by atoms with Crippen LogP contribution in [0.3, 0.4) is 0 Å². The monoisotopic (exact) mass is 697 g/mol. The molecule has 0 spiro atoms. The van der Waals surface area contributed by atoms with E-state index in [0.717, 1.165) is 0 Å². The number of nitrogens with zero attached hydrogens (tertiary/aromatic N) is 1. The van der Waals surface area contributed by atoms with Crippen molar-refractivity contribution < 1.29 is 0 Å². The Bertz CT molecular complexity index is 3000. The lowest BCUT2D eigenvalue weighted by Crippen LogP contribution is -2.14. The van der Waals surface area contributed by atoms with Crippen LogP contribution in [0.4, 0.5) is 17.1 Å². The van der Waals surface area contributed by atoms with Gasteiger partial charge in [0.1, 0.15) is 0 Å². The maximum atomic E-state index is 2.50. The van der Waals surface area contributed by atoms with Crippen LogP contribution in [0.25, 0.3) is 75.4 Å². The van der Waals surface area contributed by atoms with Crippen LogP contribution in [0, 0.1) is 0 Å². The van der Waals surface area contributed by atoms with Crippen molar-refractivity contribution in [2.45, 2.75) is 72.1 Å². The van der Waals surface area contributed by atoms with E-state index in [9.17, 15) is 0 Å². The molecule has 0 aliphatic rings. The zero-order valence-corrected chi connectivity index (χ0v) is 32.7. The molecule has 10 rings (SSSR count). The molecule has 0 fully saturated rings. The highest BCUT2D eigenvalue weighted by atomic mass is 15.1. The molecule has 54 heavy (non-hydrogen) atoms. The summed E-state index contributed by atoms with van der Waals surface area (Å²) in [6.45, 7) is 18.4. The number of anilines is 3. The van der Waals surface area contributed by atoms with Crippen molar-refractivity contribution in [3.63, 3.8) is 0 Å². The summed E-state index contributed by atoms with van der Waals surface area (Å²) in [4.78, 5) is 2.44. The molecule has 10 aromatic rings. The summed E-state index contributed by atoms with van der Waals surface area (Å²) < 4.78 is 0. The Kier molecular flexibility index (Phi) is 6.97. The lowest BCUT2D eigenvalue weighted by atomic mass is 9.86. The Balaban J connectivity index is 1.27. The molecule has 0 saturated heterocycles. The van der Waals surface area contributed by atoms with Crippen molar-refractivity contribution in [2.24, 2.45) is 0 Å². The minimum atomic E-state index is 0.0864. The summed E-state index contributed by atoms with van der Waals surface area (Å²) in [5.74, 6) is 0.402. The van der Waals surface area contributed by atoms with E-state index in [0.29, 0.717) is 5.92 Å². The molecule has 10 aromatic carbocycles. The number of fused-ring (bicyclic) bond motifs is 9. The number of hydrogen-bond acceptors (Lipinski definition) is 1. The average molecular weight is 698 g/mol. The molecule has 0 heterocycles. The van der Waals surface area contributed by atoms with Gasteiger partial charge in [-0.3, -0.25) is 0 Å². The van der Waals surface area contributed by atoms with Crippen LogP contribution in [-0.4, -0.2) is 0 Å². The van der Waals surface area contributed by atoms with Crippen LogP contribution in [0.2, 0.25) is 0 Å². The molecule has 0 aromatic heterocycles. The van der Waals surface area contributed by atoms with Gasteiger partial charge >= 0.3 is 0 Å². The van der Waals surface area contributed by atoms with Crippen LogP contribution in [-0.2, 0) is 10.8 Å². The summed E-state index contributed by atoms with van der Waals surface area (Å²) in [5, 5.41) is 18.9. The summed E-state index contributed by atoms with van der Waals surface area (Å²) in [5.41, 5.74) is 7.73. The summed E-state index contributed by atoms with van der Waals surface area (Å²) >= 11 is 0. The molecule has 0 bridgehead atoms. The lowest BCUT2D eigenvalue weighted by Gasteiger charge is -2.28. The van der Waals surface area contributed by atoms with E-state index in [-0.39, 0.29) is 10.8 Å². The Labute approximate surface area is 318 Å². The third kappa shape index (κ3) is 4.84. The molecular weight excluding hydrogens is 651 g/mol. The van der Waals surface area contributed by atoms with Crippen LogP contribution in [0.1, 0.15) is 78.0 Å². The first-order chi connectivity index (χ1) is 25.9. The van der Waals surface area contributed by atoms with E-state index in [2.05, 4.69) is 194 Å². The van der Waals surface area contributed by atoms with Gasteiger partial charge in [0.25, 0.3) is 0 Å². The van der Waals surface area contributed by atoms with Crippen molar-refractivity contribution in [3.8, 4) is 0 Å². The first-order valence-electron chi connectivity index (χ1n) is 19.6. The Hall–Kier alpha value is -5.66.